The van der Waals surface area contributed by atoms with Crippen LogP contribution in [0.4, 0.5) is 13.2 Å². The summed E-state index contributed by atoms with van der Waals surface area (Å²) < 4.78 is 39.0. The van der Waals surface area contributed by atoms with Crippen LogP contribution < -0.4 is 5.32 Å². The van der Waals surface area contributed by atoms with E-state index < -0.39 is 23.6 Å². The molecule has 0 aliphatic rings. The van der Waals surface area contributed by atoms with Crippen molar-refractivity contribution in [3.05, 3.63) is 35.8 Å². The molecule has 1 aromatic heterocycles. The lowest BCUT2D eigenvalue weighted by Gasteiger charge is -2.11. The number of benzene rings is 1. The van der Waals surface area contributed by atoms with E-state index in [1.807, 2.05) is 6.92 Å². The zero-order chi connectivity index (χ0) is 14.8. The van der Waals surface area contributed by atoms with Crippen LogP contribution in [0.5, 0.6) is 0 Å². The van der Waals surface area contributed by atoms with Crippen molar-refractivity contribution in [3.63, 3.8) is 0 Å². The molecule has 0 bridgehead atoms. The minimum Gasteiger partial charge on any atom is -0.349 e. The maximum Gasteiger partial charge on any atom is 0.434 e. The molecule has 0 saturated carbocycles. The highest BCUT2D eigenvalue weighted by molar-refractivity contribution is 5.93. The molecular weight excluding hydrogens is 271 g/mol. The van der Waals surface area contributed by atoms with Gasteiger partial charge in [-0.1, -0.05) is 25.1 Å². The van der Waals surface area contributed by atoms with E-state index in [-0.39, 0.29) is 10.9 Å². The predicted molar refractivity (Wildman–Crippen MR) is 67.2 cm³/mol. The minimum atomic E-state index is -4.64. The molecule has 2 rings (SSSR count). The van der Waals surface area contributed by atoms with Gasteiger partial charge in [-0.2, -0.15) is 13.2 Å². The van der Waals surface area contributed by atoms with Crippen LogP contribution >= 0.6 is 0 Å². The molecule has 1 heterocycles. The Morgan fingerprint density at radius 3 is 2.60 bits per heavy atom. The van der Waals surface area contributed by atoms with Gasteiger partial charge in [-0.25, -0.2) is 9.97 Å². The fraction of sp³-hybridized carbons (Fsp3) is 0.308. The highest BCUT2D eigenvalue weighted by Gasteiger charge is 2.36. The van der Waals surface area contributed by atoms with Crippen molar-refractivity contribution >= 4 is 16.8 Å². The van der Waals surface area contributed by atoms with Crippen LogP contribution in [-0.2, 0) is 6.18 Å². The molecule has 0 atom stereocenters. The van der Waals surface area contributed by atoms with Crippen LogP contribution in [0, 0.1) is 0 Å². The van der Waals surface area contributed by atoms with Gasteiger partial charge in [0.05, 0.1) is 5.52 Å². The van der Waals surface area contributed by atoms with Crippen molar-refractivity contribution < 1.29 is 18.0 Å². The Morgan fingerprint density at radius 2 is 1.95 bits per heavy atom. The van der Waals surface area contributed by atoms with E-state index in [4.69, 9.17) is 0 Å². The molecule has 1 N–H and O–H groups in total. The van der Waals surface area contributed by atoms with E-state index in [0.29, 0.717) is 13.0 Å². The monoisotopic (exact) mass is 283 g/mol. The summed E-state index contributed by atoms with van der Waals surface area (Å²) in [4.78, 5) is 19.0. The fourth-order valence-electron chi connectivity index (χ4n) is 1.71. The largest absolute Gasteiger partial charge is 0.434 e. The molecule has 1 amide bonds. The Balaban J connectivity index is 2.56. The quantitative estimate of drug-likeness (QED) is 0.942. The second kappa shape index (κ2) is 5.44. The van der Waals surface area contributed by atoms with Gasteiger partial charge in [0.1, 0.15) is 0 Å². The number of alkyl halides is 3. The molecule has 1 aromatic carbocycles. The fourth-order valence-corrected chi connectivity index (χ4v) is 1.71. The summed E-state index contributed by atoms with van der Waals surface area (Å²) in [6.45, 7) is 2.19. The van der Waals surface area contributed by atoms with Gasteiger partial charge in [-0.15, -0.1) is 0 Å². The van der Waals surface area contributed by atoms with Crippen molar-refractivity contribution in [2.75, 3.05) is 6.54 Å². The summed E-state index contributed by atoms with van der Waals surface area (Å²) in [6.07, 6.45) is -3.96. The average molecular weight is 283 g/mol. The van der Waals surface area contributed by atoms with Gasteiger partial charge in [0.2, 0.25) is 5.82 Å². The maximum atomic E-state index is 13.0. The first-order chi connectivity index (χ1) is 9.43. The number of rotatable bonds is 3. The maximum absolute atomic E-state index is 13.0. The SMILES string of the molecule is CCCNC(=O)c1nc(C(F)(F)F)c2ccccc2n1. The van der Waals surface area contributed by atoms with Crippen molar-refractivity contribution in [1.82, 2.24) is 15.3 Å². The van der Waals surface area contributed by atoms with Crippen LogP contribution in [0.25, 0.3) is 10.9 Å². The van der Waals surface area contributed by atoms with Crippen LogP contribution in [0.3, 0.4) is 0 Å². The molecule has 0 saturated heterocycles. The molecule has 2 aromatic rings. The number of hydrogen-bond donors (Lipinski definition) is 1. The van der Waals surface area contributed by atoms with E-state index >= 15 is 0 Å². The summed E-state index contributed by atoms with van der Waals surface area (Å²) in [7, 11) is 0. The lowest BCUT2D eigenvalue weighted by Crippen LogP contribution is -2.27. The Kier molecular flexibility index (Phi) is 3.87. The Hall–Kier alpha value is -2.18. The number of hydrogen-bond acceptors (Lipinski definition) is 3. The third-order valence-corrected chi connectivity index (χ3v) is 2.61. The first kappa shape index (κ1) is 14.2. The third-order valence-electron chi connectivity index (χ3n) is 2.61. The number of halogens is 3. The van der Waals surface area contributed by atoms with Gasteiger partial charge < -0.3 is 5.32 Å². The van der Waals surface area contributed by atoms with E-state index in [9.17, 15) is 18.0 Å². The second-order valence-electron chi connectivity index (χ2n) is 4.17. The highest BCUT2D eigenvalue weighted by atomic mass is 19.4. The third kappa shape index (κ3) is 2.87. The molecule has 7 heteroatoms. The molecular formula is C13H12F3N3O. The van der Waals surface area contributed by atoms with Gasteiger partial charge >= 0.3 is 6.18 Å². The van der Waals surface area contributed by atoms with Gasteiger partial charge in [0.25, 0.3) is 5.91 Å². The van der Waals surface area contributed by atoms with Gasteiger partial charge in [-0.05, 0) is 12.5 Å². The second-order valence-corrected chi connectivity index (χ2v) is 4.17. The van der Waals surface area contributed by atoms with Gasteiger partial charge in [0, 0.05) is 11.9 Å². The van der Waals surface area contributed by atoms with Gasteiger partial charge in [-0.3, -0.25) is 4.79 Å². The summed E-state index contributed by atoms with van der Waals surface area (Å²) in [5.74, 6) is -1.17. The van der Waals surface area contributed by atoms with Crippen molar-refractivity contribution in [3.8, 4) is 0 Å². The number of carbonyl (C=O) groups is 1. The molecule has 0 spiro atoms. The molecule has 0 radical (unpaired) electrons. The lowest BCUT2D eigenvalue weighted by molar-refractivity contribution is -0.139. The van der Waals surface area contributed by atoms with E-state index in [1.165, 1.54) is 18.2 Å². The number of carbonyl (C=O) groups excluding carboxylic acids is 1. The zero-order valence-electron chi connectivity index (χ0n) is 10.7. The lowest BCUT2D eigenvalue weighted by atomic mass is 10.2. The Bertz CT molecular complexity index is 640. The van der Waals surface area contributed by atoms with Crippen LogP contribution in [0.15, 0.2) is 24.3 Å². The normalized spacial score (nSPS) is 11.6. The summed E-state index contributed by atoms with van der Waals surface area (Å²) in [5.41, 5.74) is -0.999. The predicted octanol–water partition coefficient (Wildman–Crippen LogP) is 2.79. The van der Waals surface area contributed by atoms with Crippen molar-refractivity contribution in [1.29, 1.82) is 0 Å². The Morgan fingerprint density at radius 1 is 1.25 bits per heavy atom. The molecule has 4 nitrogen and oxygen atoms in total. The summed E-state index contributed by atoms with van der Waals surface area (Å²) in [5, 5.41) is 2.34. The first-order valence-corrected chi connectivity index (χ1v) is 6.05. The number of nitrogens with one attached hydrogen (secondary N) is 1. The van der Waals surface area contributed by atoms with E-state index in [0.717, 1.165) is 0 Å². The van der Waals surface area contributed by atoms with Crippen molar-refractivity contribution in [2.45, 2.75) is 19.5 Å². The smallest absolute Gasteiger partial charge is 0.349 e. The topological polar surface area (TPSA) is 54.9 Å². The zero-order valence-corrected chi connectivity index (χ0v) is 10.7. The molecule has 0 unspecified atom stereocenters. The minimum absolute atomic E-state index is 0.0940. The number of aromatic nitrogens is 2. The molecule has 0 aliphatic heterocycles. The summed E-state index contributed by atoms with van der Waals surface area (Å²) >= 11 is 0. The summed E-state index contributed by atoms with van der Waals surface area (Å²) in [6, 6.07) is 5.73. The Labute approximate surface area is 113 Å². The van der Waals surface area contributed by atoms with Crippen LogP contribution in [0.2, 0.25) is 0 Å². The van der Waals surface area contributed by atoms with E-state index in [2.05, 4.69) is 15.3 Å². The van der Waals surface area contributed by atoms with Crippen molar-refractivity contribution in [2.24, 2.45) is 0 Å². The molecule has 106 valence electrons. The molecule has 20 heavy (non-hydrogen) atoms. The van der Waals surface area contributed by atoms with E-state index in [1.54, 1.807) is 6.07 Å². The van der Waals surface area contributed by atoms with Gasteiger partial charge in [0.15, 0.2) is 5.69 Å². The molecule has 0 aliphatic carbocycles. The first-order valence-electron chi connectivity index (χ1n) is 6.05. The van der Waals surface area contributed by atoms with Crippen LogP contribution in [0.1, 0.15) is 29.7 Å². The number of fused-ring (bicyclic) bond motifs is 1. The number of para-hydroxylation sites is 1. The average Bonchev–Trinajstić information content (AvgIpc) is 2.42. The standard InChI is InChI=1S/C13H12F3N3O/c1-2-7-17-12(20)11-18-9-6-4-3-5-8(9)10(19-11)13(14,15)16/h3-6H,2,7H2,1H3,(H,17,20). The van der Waals surface area contributed by atoms with Crippen LogP contribution in [-0.4, -0.2) is 22.4 Å². The molecule has 0 fully saturated rings. The highest BCUT2D eigenvalue weighted by Crippen LogP contribution is 2.32. The number of amides is 1. The number of nitrogens with zero attached hydrogens (tertiary/aromatic N) is 2.